The summed E-state index contributed by atoms with van der Waals surface area (Å²) < 4.78 is 0. The van der Waals surface area contributed by atoms with E-state index in [0.29, 0.717) is 0 Å². The van der Waals surface area contributed by atoms with Crippen molar-refractivity contribution in [1.29, 1.82) is 0 Å². The second-order valence-corrected chi connectivity index (χ2v) is 4.03. The minimum absolute atomic E-state index is 0.0717. The Morgan fingerprint density at radius 2 is 1.79 bits per heavy atom. The van der Waals surface area contributed by atoms with E-state index in [1.165, 1.54) is 0 Å². The molecule has 0 fully saturated rings. The van der Waals surface area contributed by atoms with E-state index in [1.54, 1.807) is 6.92 Å². The Bertz CT molecular complexity index is 316. The Balaban J connectivity index is 3.20. The van der Waals surface area contributed by atoms with E-state index in [2.05, 4.69) is 0 Å². The topological polar surface area (TPSA) is 37.3 Å². The van der Waals surface area contributed by atoms with Crippen LogP contribution in [0.4, 0.5) is 0 Å². The van der Waals surface area contributed by atoms with Crippen LogP contribution in [0.3, 0.4) is 0 Å². The lowest BCUT2D eigenvalue weighted by Crippen LogP contribution is -2.37. The van der Waals surface area contributed by atoms with E-state index < -0.39 is 11.4 Å². The van der Waals surface area contributed by atoms with E-state index in [-0.39, 0.29) is 5.92 Å². The number of aliphatic carboxylic acids is 1. The molecule has 0 aliphatic rings. The summed E-state index contributed by atoms with van der Waals surface area (Å²) >= 11 is 0. The maximum Gasteiger partial charge on any atom is 0.314 e. The standard InChI is InChI=1S/C12H16O2/c1-9(2)12(3,11(13)14)10-7-5-4-6-8-10/h4-9H,1-3H3,(H,13,14)/t12-/m1/s1. The minimum Gasteiger partial charge on any atom is -0.481 e. The third-order valence-electron chi connectivity index (χ3n) is 2.97. The monoisotopic (exact) mass is 192 g/mol. The highest BCUT2D eigenvalue weighted by Gasteiger charge is 2.38. The molecular formula is C12H16O2. The molecule has 1 N–H and O–H groups in total. The van der Waals surface area contributed by atoms with Gasteiger partial charge < -0.3 is 5.11 Å². The fraction of sp³-hybridized carbons (Fsp3) is 0.417. The molecule has 0 saturated carbocycles. The number of carboxylic acid groups (broad SMARTS) is 1. The van der Waals surface area contributed by atoms with Crippen molar-refractivity contribution >= 4 is 5.97 Å². The number of hydrogen-bond acceptors (Lipinski definition) is 1. The molecule has 0 aliphatic heterocycles. The van der Waals surface area contributed by atoms with Gasteiger partial charge in [-0.3, -0.25) is 4.79 Å². The zero-order valence-corrected chi connectivity index (χ0v) is 8.82. The number of carbonyl (C=O) groups is 1. The first kappa shape index (κ1) is 10.8. The van der Waals surface area contributed by atoms with E-state index in [0.717, 1.165) is 5.56 Å². The Morgan fingerprint density at radius 3 is 2.14 bits per heavy atom. The van der Waals surface area contributed by atoms with Crippen molar-refractivity contribution < 1.29 is 9.90 Å². The summed E-state index contributed by atoms with van der Waals surface area (Å²) in [4.78, 5) is 11.3. The fourth-order valence-electron chi connectivity index (χ4n) is 1.49. The molecule has 1 aromatic carbocycles. The molecule has 0 amide bonds. The molecule has 2 heteroatoms. The van der Waals surface area contributed by atoms with Crippen molar-refractivity contribution in [2.45, 2.75) is 26.2 Å². The minimum atomic E-state index is -0.790. The molecule has 0 spiro atoms. The van der Waals surface area contributed by atoms with Crippen LogP contribution in [-0.4, -0.2) is 11.1 Å². The molecule has 1 rings (SSSR count). The third kappa shape index (κ3) is 1.65. The van der Waals surface area contributed by atoms with Gasteiger partial charge in [0.25, 0.3) is 0 Å². The first-order chi connectivity index (χ1) is 6.49. The van der Waals surface area contributed by atoms with E-state index in [1.807, 2.05) is 44.2 Å². The Kier molecular flexibility index (Phi) is 2.94. The predicted molar refractivity (Wildman–Crippen MR) is 56.3 cm³/mol. The van der Waals surface area contributed by atoms with Gasteiger partial charge in [0, 0.05) is 0 Å². The van der Waals surface area contributed by atoms with Crippen LogP contribution < -0.4 is 0 Å². The lowest BCUT2D eigenvalue weighted by molar-refractivity contribution is -0.145. The highest BCUT2D eigenvalue weighted by Crippen LogP contribution is 2.31. The molecule has 2 nitrogen and oxygen atoms in total. The number of benzene rings is 1. The van der Waals surface area contributed by atoms with Crippen LogP contribution in [0.25, 0.3) is 0 Å². The molecular weight excluding hydrogens is 176 g/mol. The SMILES string of the molecule is CC(C)[C@@](C)(C(=O)O)c1ccccc1. The van der Waals surface area contributed by atoms with E-state index in [9.17, 15) is 9.90 Å². The largest absolute Gasteiger partial charge is 0.481 e. The first-order valence-electron chi connectivity index (χ1n) is 4.78. The van der Waals surface area contributed by atoms with Crippen LogP contribution in [0.1, 0.15) is 26.3 Å². The maximum absolute atomic E-state index is 11.3. The molecule has 1 atom stereocenters. The average Bonchev–Trinajstić information content (AvgIpc) is 2.17. The molecule has 0 saturated heterocycles. The van der Waals surface area contributed by atoms with Gasteiger partial charge in [-0.15, -0.1) is 0 Å². The Labute approximate surface area is 84.6 Å². The fourth-order valence-corrected chi connectivity index (χ4v) is 1.49. The summed E-state index contributed by atoms with van der Waals surface area (Å²) in [5.41, 5.74) is 0.0730. The molecule has 0 heterocycles. The van der Waals surface area contributed by atoms with Gasteiger partial charge in [0.1, 0.15) is 0 Å². The smallest absolute Gasteiger partial charge is 0.314 e. The zero-order chi connectivity index (χ0) is 10.8. The summed E-state index contributed by atoms with van der Waals surface area (Å²) in [6.07, 6.45) is 0. The van der Waals surface area contributed by atoms with Crippen molar-refractivity contribution in [3.63, 3.8) is 0 Å². The van der Waals surface area contributed by atoms with Gasteiger partial charge in [-0.25, -0.2) is 0 Å². The zero-order valence-electron chi connectivity index (χ0n) is 8.82. The molecule has 0 radical (unpaired) electrons. The van der Waals surface area contributed by atoms with E-state index >= 15 is 0 Å². The van der Waals surface area contributed by atoms with Crippen LogP contribution >= 0.6 is 0 Å². The number of hydrogen-bond donors (Lipinski definition) is 1. The summed E-state index contributed by atoms with van der Waals surface area (Å²) in [5, 5.41) is 9.26. The summed E-state index contributed by atoms with van der Waals surface area (Å²) in [6.45, 7) is 5.64. The first-order valence-corrected chi connectivity index (χ1v) is 4.78. The summed E-state index contributed by atoms with van der Waals surface area (Å²) in [7, 11) is 0. The Morgan fingerprint density at radius 1 is 1.29 bits per heavy atom. The summed E-state index contributed by atoms with van der Waals surface area (Å²) in [5.74, 6) is -0.693. The van der Waals surface area contributed by atoms with Gasteiger partial charge in [0.05, 0.1) is 5.41 Å². The average molecular weight is 192 g/mol. The van der Waals surface area contributed by atoms with Crippen molar-refractivity contribution in [2.75, 3.05) is 0 Å². The van der Waals surface area contributed by atoms with Crippen LogP contribution in [0.5, 0.6) is 0 Å². The normalized spacial score (nSPS) is 15.1. The second-order valence-electron chi connectivity index (χ2n) is 4.03. The number of carboxylic acids is 1. The van der Waals surface area contributed by atoms with Gasteiger partial charge in [-0.05, 0) is 18.4 Å². The van der Waals surface area contributed by atoms with Gasteiger partial charge in [0.15, 0.2) is 0 Å². The highest BCUT2D eigenvalue weighted by molar-refractivity contribution is 5.81. The van der Waals surface area contributed by atoms with Crippen molar-refractivity contribution in [2.24, 2.45) is 5.92 Å². The van der Waals surface area contributed by atoms with Crippen LogP contribution in [-0.2, 0) is 10.2 Å². The highest BCUT2D eigenvalue weighted by atomic mass is 16.4. The molecule has 1 aromatic rings. The maximum atomic E-state index is 11.3. The van der Waals surface area contributed by atoms with Gasteiger partial charge in [-0.2, -0.15) is 0 Å². The lowest BCUT2D eigenvalue weighted by atomic mass is 9.73. The predicted octanol–water partition coefficient (Wildman–Crippen LogP) is 2.68. The van der Waals surface area contributed by atoms with Crippen molar-refractivity contribution in [3.05, 3.63) is 35.9 Å². The van der Waals surface area contributed by atoms with Gasteiger partial charge in [0.2, 0.25) is 0 Å². The molecule has 0 aromatic heterocycles. The van der Waals surface area contributed by atoms with Crippen molar-refractivity contribution in [1.82, 2.24) is 0 Å². The Hall–Kier alpha value is -1.31. The van der Waals surface area contributed by atoms with E-state index in [4.69, 9.17) is 0 Å². The summed E-state index contributed by atoms with van der Waals surface area (Å²) in [6, 6.07) is 9.38. The van der Waals surface area contributed by atoms with Gasteiger partial charge >= 0.3 is 5.97 Å². The molecule has 0 aliphatic carbocycles. The van der Waals surface area contributed by atoms with Gasteiger partial charge in [-0.1, -0.05) is 44.2 Å². The molecule has 0 bridgehead atoms. The molecule has 76 valence electrons. The number of rotatable bonds is 3. The third-order valence-corrected chi connectivity index (χ3v) is 2.97. The van der Waals surface area contributed by atoms with Crippen LogP contribution in [0, 0.1) is 5.92 Å². The van der Waals surface area contributed by atoms with Crippen LogP contribution in [0.15, 0.2) is 30.3 Å². The van der Waals surface area contributed by atoms with Crippen molar-refractivity contribution in [3.8, 4) is 0 Å². The van der Waals surface area contributed by atoms with Crippen LogP contribution in [0.2, 0.25) is 0 Å². The lowest BCUT2D eigenvalue weighted by Gasteiger charge is -2.29. The molecule has 0 unspecified atom stereocenters. The molecule has 14 heavy (non-hydrogen) atoms. The quantitative estimate of drug-likeness (QED) is 0.799. The second kappa shape index (κ2) is 3.82.